The monoisotopic (exact) mass is 593 g/mol. The van der Waals surface area contributed by atoms with Crippen LogP contribution in [0.1, 0.15) is 56.3 Å². The summed E-state index contributed by atoms with van der Waals surface area (Å²) in [4.78, 5) is 20.3. The molecule has 1 saturated heterocycles. The molecule has 222 valence electrons. The van der Waals surface area contributed by atoms with Crippen molar-refractivity contribution in [3.8, 4) is 16.9 Å². The van der Waals surface area contributed by atoms with Crippen molar-refractivity contribution in [2.24, 2.45) is 17.4 Å². The lowest BCUT2D eigenvalue weighted by atomic mass is 9.89. The Bertz CT molecular complexity index is 1620. The van der Waals surface area contributed by atoms with E-state index in [1.165, 1.54) is 4.57 Å². The van der Waals surface area contributed by atoms with E-state index in [1.54, 1.807) is 24.4 Å². The van der Waals surface area contributed by atoms with Gasteiger partial charge in [0, 0.05) is 36.3 Å². The molecule has 9 nitrogen and oxygen atoms in total. The highest BCUT2D eigenvalue weighted by molar-refractivity contribution is 6.31. The number of nitrogens with two attached hydrogens (primary N) is 2. The van der Waals surface area contributed by atoms with Crippen molar-refractivity contribution in [2.45, 2.75) is 57.6 Å². The molecule has 0 radical (unpaired) electrons. The lowest BCUT2D eigenvalue weighted by Crippen LogP contribution is -2.32. The number of aromatic amines is 1. The van der Waals surface area contributed by atoms with E-state index >= 15 is 4.39 Å². The lowest BCUT2D eigenvalue weighted by Gasteiger charge is -2.30. The molecule has 4 aromatic rings. The number of halogens is 2. The maximum Gasteiger partial charge on any atom is 0.354 e. The number of aryl methyl sites for hydroxylation is 1. The van der Waals surface area contributed by atoms with Crippen LogP contribution in [-0.2, 0) is 11.2 Å². The molecule has 0 amide bonds. The Hall–Kier alpha value is -3.73. The molecule has 0 saturated carbocycles. The zero-order chi connectivity index (χ0) is 29.8. The summed E-state index contributed by atoms with van der Waals surface area (Å²) in [7, 11) is 0. The van der Waals surface area contributed by atoms with Crippen LogP contribution in [0.25, 0.3) is 28.0 Å². The number of hydrogen-bond acceptors (Lipinski definition) is 5. The Kier molecular flexibility index (Phi) is 9.25. The number of nitrogens with one attached hydrogen (secondary N) is 3. The molecular weight excluding hydrogens is 557 g/mol. The SMILES string of the molecule is C[C@H](N)CCCc1cc(Cl)c(F)c(-c2cc3cn(-c4ccc([C@H]5C[C@H](CCNC(=N)N)CCO5)cc4)c(=O)nc3[nH]2)c1. The zero-order valence-electron chi connectivity index (χ0n) is 23.6. The van der Waals surface area contributed by atoms with Crippen LogP contribution in [0, 0.1) is 17.1 Å². The Morgan fingerprint density at radius 1 is 1.31 bits per heavy atom. The molecule has 0 unspecified atom stereocenters. The summed E-state index contributed by atoms with van der Waals surface area (Å²) < 4.78 is 22.6. The molecular formula is C31H37ClFN7O2. The van der Waals surface area contributed by atoms with E-state index in [0.717, 1.165) is 49.7 Å². The second-order valence-corrected chi connectivity index (χ2v) is 11.6. The molecule has 5 rings (SSSR count). The lowest BCUT2D eigenvalue weighted by molar-refractivity contribution is -0.0117. The van der Waals surface area contributed by atoms with Gasteiger partial charge in [-0.05, 0) is 92.8 Å². The van der Waals surface area contributed by atoms with Crippen LogP contribution >= 0.6 is 11.6 Å². The number of guanidine groups is 1. The van der Waals surface area contributed by atoms with Crippen LogP contribution in [0.5, 0.6) is 0 Å². The number of fused-ring (bicyclic) bond motifs is 1. The molecule has 3 atom stereocenters. The second-order valence-electron chi connectivity index (χ2n) is 11.2. The molecule has 42 heavy (non-hydrogen) atoms. The molecule has 2 aromatic heterocycles. The Morgan fingerprint density at radius 3 is 2.83 bits per heavy atom. The Labute approximate surface area is 248 Å². The van der Waals surface area contributed by atoms with E-state index in [4.69, 9.17) is 33.2 Å². The maximum absolute atomic E-state index is 15.1. The van der Waals surface area contributed by atoms with Gasteiger partial charge in [-0.3, -0.25) is 9.98 Å². The van der Waals surface area contributed by atoms with Crippen molar-refractivity contribution in [3.05, 3.63) is 81.1 Å². The summed E-state index contributed by atoms with van der Waals surface area (Å²) in [6, 6.07) is 13.0. The van der Waals surface area contributed by atoms with Crippen LogP contribution < -0.4 is 22.5 Å². The second kappa shape index (κ2) is 13.1. The van der Waals surface area contributed by atoms with Gasteiger partial charge < -0.3 is 26.5 Å². The summed E-state index contributed by atoms with van der Waals surface area (Å²) in [6.45, 7) is 3.31. The predicted octanol–water partition coefficient (Wildman–Crippen LogP) is 5.18. The topological polar surface area (TPSA) is 148 Å². The van der Waals surface area contributed by atoms with E-state index in [1.807, 2.05) is 31.2 Å². The first-order valence-electron chi connectivity index (χ1n) is 14.3. The molecule has 1 aliphatic rings. The number of benzene rings is 2. The van der Waals surface area contributed by atoms with Gasteiger partial charge in [0.15, 0.2) is 11.8 Å². The van der Waals surface area contributed by atoms with Gasteiger partial charge in [-0.1, -0.05) is 23.7 Å². The minimum Gasteiger partial charge on any atom is -0.374 e. The third kappa shape index (κ3) is 7.00. The van der Waals surface area contributed by atoms with Gasteiger partial charge in [0.25, 0.3) is 0 Å². The van der Waals surface area contributed by atoms with Gasteiger partial charge >= 0.3 is 5.69 Å². The molecule has 0 spiro atoms. The largest absolute Gasteiger partial charge is 0.374 e. The molecule has 3 heterocycles. The quantitative estimate of drug-likeness (QED) is 0.126. The highest BCUT2D eigenvalue weighted by Crippen LogP contribution is 2.34. The van der Waals surface area contributed by atoms with E-state index < -0.39 is 11.5 Å². The normalized spacial score (nSPS) is 17.8. The van der Waals surface area contributed by atoms with Gasteiger partial charge in [-0.2, -0.15) is 4.98 Å². The Balaban J connectivity index is 1.35. The summed E-state index contributed by atoms with van der Waals surface area (Å²) >= 11 is 6.24. The minimum atomic E-state index is -0.521. The van der Waals surface area contributed by atoms with Crippen LogP contribution in [-0.4, -0.2) is 39.7 Å². The van der Waals surface area contributed by atoms with Gasteiger partial charge in [0.2, 0.25) is 0 Å². The van der Waals surface area contributed by atoms with Crippen LogP contribution in [0.3, 0.4) is 0 Å². The average Bonchev–Trinajstić information content (AvgIpc) is 3.37. The number of H-pyrrole nitrogens is 1. The predicted molar refractivity (Wildman–Crippen MR) is 165 cm³/mol. The summed E-state index contributed by atoms with van der Waals surface area (Å²) in [5, 5.41) is 10.9. The third-order valence-corrected chi connectivity index (χ3v) is 8.09. The summed E-state index contributed by atoms with van der Waals surface area (Å²) in [6.07, 6.45) is 6.92. The smallest absolute Gasteiger partial charge is 0.354 e. The average molecular weight is 594 g/mol. The first-order valence-corrected chi connectivity index (χ1v) is 14.7. The summed E-state index contributed by atoms with van der Waals surface area (Å²) in [5.41, 5.74) is 14.7. The van der Waals surface area contributed by atoms with Crippen LogP contribution in [0.15, 0.2) is 53.5 Å². The van der Waals surface area contributed by atoms with Crippen molar-refractivity contribution in [3.63, 3.8) is 0 Å². The van der Waals surface area contributed by atoms with Gasteiger partial charge in [0.1, 0.15) is 5.65 Å². The van der Waals surface area contributed by atoms with Crippen molar-refractivity contribution in [2.75, 3.05) is 13.2 Å². The fourth-order valence-electron chi connectivity index (χ4n) is 5.56. The number of aromatic nitrogens is 3. The highest BCUT2D eigenvalue weighted by atomic mass is 35.5. The van der Waals surface area contributed by atoms with Gasteiger partial charge in [-0.25, -0.2) is 9.18 Å². The van der Waals surface area contributed by atoms with Crippen molar-refractivity contribution in [1.29, 1.82) is 5.41 Å². The minimum absolute atomic E-state index is 0.0116. The first kappa shape index (κ1) is 29.8. The maximum atomic E-state index is 15.1. The van der Waals surface area contributed by atoms with E-state index in [-0.39, 0.29) is 23.1 Å². The van der Waals surface area contributed by atoms with Crippen LogP contribution in [0.2, 0.25) is 5.02 Å². The number of ether oxygens (including phenoxy) is 1. The van der Waals surface area contributed by atoms with Crippen LogP contribution in [0.4, 0.5) is 4.39 Å². The fraction of sp³-hybridized carbons (Fsp3) is 0.387. The number of hydrogen-bond donors (Lipinski definition) is 5. The van der Waals surface area contributed by atoms with Crippen molar-refractivity contribution < 1.29 is 9.13 Å². The summed E-state index contributed by atoms with van der Waals surface area (Å²) in [5.74, 6) is -0.0582. The highest BCUT2D eigenvalue weighted by Gasteiger charge is 2.24. The standard InChI is InChI=1S/C31H37ClFN7O2/c1-18(34)3-2-4-20-13-24(28(33)25(32)14-20)26-16-22-17-40(31(41)39-29(22)38-26)23-7-5-21(6-8-23)27-15-19(10-12-42-27)9-11-37-30(35)36/h5-8,13-14,16-19,27H,2-4,9-12,15,34H2,1H3,(H4,35,36,37)(H,38,39,41)/t18-,19+,27+/m0/s1. The fourth-order valence-corrected chi connectivity index (χ4v) is 5.80. The first-order chi connectivity index (χ1) is 20.2. The van der Waals surface area contributed by atoms with Crippen molar-refractivity contribution >= 4 is 28.6 Å². The van der Waals surface area contributed by atoms with Crippen molar-refractivity contribution in [1.82, 2.24) is 19.9 Å². The molecule has 2 aromatic carbocycles. The molecule has 1 fully saturated rings. The van der Waals surface area contributed by atoms with E-state index in [0.29, 0.717) is 47.0 Å². The molecule has 0 aliphatic carbocycles. The Morgan fingerprint density at radius 2 is 2.10 bits per heavy atom. The third-order valence-electron chi connectivity index (χ3n) is 7.81. The molecule has 11 heteroatoms. The molecule has 0 bridgehead atoms. The van der Waals surface area contributed by atoms with Gasteiger partial charge in [-0.15, -0.1) is 0 Å². The van der Waals surface area contributed by atoms with E-state index in [2.05, 4.69) is 15.3 Å². The van der Waals surface area contributed by atoms with E-state index in [9.17, 15) is 4.79 Å². The number of nitrogens with zero attached hydrogens (tertiary/aromatic N) is 2. The zero-order valence-corrected chi connectivity index (χ0v) is 24.4. The molecule has 7 N–H and O–H groups in total. The van der Waals surface area contributed by atoms with Gasteiger partial charge in [0.05, 0.1) is 22.5 Å². The number of rotatable bonds is 10. The molecule has 1 aliphatic heterocycles.